The smallest absolute Gasteiger partial charge is 0.258 e. The van der Waals surface area contributed by atoms with E-state index in [1.807, 2.05) is 0 Å². The maximum atomic E-state index is 12.0. The molecule has 7 nitrogen and oxygen atoms in total. The first-order chi connectivity index (χ1) is 12.6. The van der Waals surface area contributed by atoms with E-state index in [1.54, 1.807) is 57.7 Å². The van der Waals surface area contributed by atoms with Gasteiger partial charge in [-0.15, -0.1) is 0 Å². The highest BCUT2D eigenvalue weighted by atomic mass is 16.5. The first kappa shape index (κ1) is 19.2. The number of benzene rings is 2. The van der Waals surface area contributed by atoms with Gasteiger partial charge >= 0.3 is 0 Å². The number of hydrogen-bond donors (Lipinski definition) is 1. The summed E-state index contributed by atoms with van der Waals surface area (Å²) in [6, 6.07) is 10.6. The summed E-state index contributed by atoms with van der Waals surface area (Å²) >= 11 is 0. The molecule has 0 aliphatic carbocycles. The van der Waals surface area contributed by atoms with E-state index in [0.717, 1.165) is 5.56 Å². The number of methoxy groups -OCH3 is 4. The highest BCUT2D eigenvalue weighted by molar-refractivity contribution is 5.77. The molecule has 0 aliphatic rings. The van der Waals surface area contributed by atoms with Gasteiger partial charge in [0.25, 0.3) is 5.91 Å². The molecule has 0 aliphatic heterocycles. The van der Waals surface area contributed by atoms with Crippen LogP contribution < -0.4 is 29.0 Å². The lowest BCUT2D eigenvalue weighted by atomic mass is 10.1. The fraction of sp³-hybridized carbons (Fsp3) is 0.316. The van der Waals surface area contributed by atoms with Gasteiger partial charge in [-0.3, -0.25) is 4.79 Å². The summed E-state index contributed by atoms with van der Waals surface area (Å²) in [7, 11) is 6.20. The van der Waals surface area contributed by atoms with E-state index in [2.05, 4.69) is 5.32 Å². The van der Waals surface area contributed by atoms with E-state index < -0.39 is 0 Å². The van der Waals surface area contributed by atoms with Gasteiger partial charge < -0.3 is 29.0 Å². The van der Waals surface area contributed by atoms with Crippen LogP contribution in [0.5, 0.6) is 28.7 Å². The molecule has 0 spiro atoms. The Morgan fingerprint density at radius 2 is 1.54 bits per heavy atom. The zero-order valence-electron chi connectivity index (χ0n) is 15.3. The van der Waals surface area contributed by atoms with Crippen molar-refractivity contribution in [3.05, 3.63) is 42.0 Å². The van der Waals surface area contributed by atoms with Crippen molar-refractivity contribution < 1.29 is 28.5 Å². The Morgan fingerprint density at radius 1 is 0.885 bits per heavy atom. The number of carbonyl (C=O) groups excluding carboxylic acids is 1. The quantitative estimate of drug-likeness (QED) is 0.739. The normalized spacial score (nSPS) is 10.0. The highest BCUT2D eigenvalue weighted by Gasteiger charge is 2.13. The van der Waals surface area contributed by atoms with Gasteiger partial charge in [-0.2, -0.15) is 0 Å². The van der Waals surface area contributed by atoms with Gasteiger partial charge in [0, 0.05) is 12.6 Å². The van der Waals surface area contributed by atoms with Crippen LogP contribution >= 0.6 is 0 Å². The minimum atomic E-state index is -0.249. The van der Waals surface area contributed by atoms with Crippen LogP contribution in [0.3, 0.4) is 0 Å². The molecule has 26 heavy (non-hydrogen) atoms. The van der Waals surface area contributed by atoms with Crippen molar-refractivity contribution in [2.24, 2.45) is 0 Å². The highest BCUT2D eigenvalue weighted by Crippen LogP contribution is 2.38. The lowest BCUT2D eigenvalue weighted by Gasteiger charge is -2.14. The van der Waals surface area contributed by atoms with Gasteiger partial charge in [0.1, 0.15) is 11.5 Å². The van der Waals surface area contributed by atoms with Gasteiger partial charge in [0.05, 0.1) is 28.4 Å². The molecule has 0 saturated heterocycles. The van der Waals surface area contributed by atoms with Crippen LogP contribution in [0.1, 0.15) is 5.56 Å². The Kier molecular flexibility index (Phi) is 6.96. The maximum Gasteiger partial charge on any atom is 0.258 e. The molecule has 2 rings (SSSR count). The topological polar surface area (TPSA) is 75.3 Å². The molecule has 0 fully saturated rings. The Hall–Kier alpha value is -3.09. The van der Waals surface area contributed by atoms with Crippen molar-refractivity contribution in [3.8, 4) is 28.7 Å². The fourth-order valence-corrected chi connectivity index (χ4v) is 2.33. The van der Waals surface area contributed by atoms with Crippen molar-refractivity contribution in [3.63, 3.8) is 0 Å². The largest absolute Gasteiger partial charge is 0.497 e. The summed E-state index contributed by atoms with van der Waals surface area (Å²) in [5.74, 6) is 2.55. The second-order valence-corrected chi connectivity index (χ2v) is 5.28. The molecule has 0 atom stereocenters. The third-order valence-corrected chi connectivity index (χ3v) is 3.63. The summed E-state index contributed by atoms with van der Waals surface area (Å²) < 4.78 is 26.5. The number of ether oxygens (including phenoxy) is 5. The second-order valence-electron chi connectivity index (χ2n) is 5.28. The molecule has 140 valence electrons. The molecule has 0 heterocycles. The number of nitrogens with one attached hydrogen (secondary N) is 1. The molecular formula is C19H23NO6. The van der Waals surface area contributed by atoms with E-state index in [9.17, 15) is 4.79 Å². The van der Waals surface area contributed by atoms with Crippen molar-refractivity contribution in [1.29, 1.82) is 0 Å². The van der Waals surface area contributed by atoms with Crippen molar-refractivity contribution in [1.82, 2.24) is 5.32 Å². The predicted octanol–water partition coefficient (Wildman–Crippen LogP) is 2.42. The van der Waals surface area contributed by atoms with Gasteiger partial charge in [-0.25, -0.2) is 0 Å². The zero-order valence-corrected chi connectivity index (χ0v) is 15.3. The Balaban J connectivity index is 1.94. The van der Waals surface area contributed by atoms with Crippen LogP contribution in [0, 0.1) is 0 Å². The van der Waals surface area contributed by atoms with E-state index >= 15 is 0 Å². The van der Waals surface area contributed by atoms with Gasteiger partial charge in [-0.05, 0) is 29.8 Å². The molecule has 1 amide bonds. The fourth-order valence-electron chi connectivity index (χ4n) is 2.33. The van der Waals surface area contributed by atoms with E-state index in [0.29, 0.717) is 35.3 Å². The maximum absolute atomic E-state index is 12.0. The second kappa shape index (κ2) is 9.41. The average molecular weight is 361 g/mol. The summed E-state index contributed by atoms with van der Waals surface area (Å²) in [6.07, 6.45) is 0. The van der Waals surface area contributed by atoms with E-state index in [-0.39, 0.29) is 12.5 Å². The van der Waals surface area contributed by atoms with Crippen LogP contribution in [0.2, 0.25) is 0 Å². The molecule has 2 aromatic carbocycles. The zero-order chi connectivity index (χ0) is 18.9. The van der Waals surface area contributed by atoms with Crippen molar-refractivity contribution in [2.45, 2.75) is 6.54 Å². The molecule has 2 aromatic rings. The first-order valence-corrected chi connectivity index (χ1v) is 7.93. The van der Waals surface area contributed by atoms with Crippen LogP contribution in [-0.4, -0.2) is 41.0 Å². The van der Waals surface area contributed by atoms with Crippen LogP contribution in [0.25, 0.3) is 0 Å². The molecule has 0 saturated carbocycles. The van der Waals surface area contributed by atoms with E-state index in [1.165, 1.54) is 7.11 Å². The molecule has 0 unspecified atom stereocenters. The van der Waals surface area contributed by atoms with Gasteiger partial charge in [0.2, 0.25) is 5.75 Å². The standard InChI is InChI=1S/C19H23NO6/c1-22-14-6-5-7-15(10-14)26-12-18(21)20-11-13-8-16(23-2)19(25-4)17(9-13)24-3/h5-10H,11-12H2,1-4H3,(H,20,21). The molecule has 0 aromatic heterocycles. The average Bonchev–Trinajstić information content (AvgIpc) is 2.69. The minimum Gasteiger partial charge on any atom is -0.497 e. The van der Waals surface area contributed by atoms with Crippen LogP contribution in [0.4, 0.5) is 0 Å². The lowest BCUT2D eigenvalue weighted by molar-refractivity contribution is -0.123. The summed E-state index contributed by atoms with van der Waals surface area (Å²) in [5.41, 5.74) is 0.814. The molecule has 0 bridgehead atoms. The predicted molar refractivity (Wildman–Crippen MR) is 96.4 cm³/mol. The number of hydrogen-bond acceptors (Lipinski definition) is 6. The Labute approximate surface area is 152 Å². The number of carbonyl (C=O) groups is 1. The van der Waals surface area contributed by atoms with Crippen LogP contribution in [0.15, 0.2) is 36.4 Å². The molecular weight excluding hydrogens is 338 g/mol. The molecule has 7 heteroatoms. The Morgan fingerprint density at radius 3 is 2.12 bits per heavy atom. The minimum absolute atomic E-state index is 0.0996. The lowest BCUT2D eigenvalue weighted by Crippen LogP contribution is -2.28. The summed E-state index contributed by atoms with van der Waals surface area (Å²) in [5, 5.41) is 2.79. The monoisotopic (exact) mass is 361 g/mol. The number of rotatable bonds is 9. The molecule has 0 radical (unpaired) electrons. The summed E-state index contributed by atoms with van der Waals surface area (Å²) in [6.45, 7) is 0.203. The first-order valence-electron chi connectivity index (χ1n) is 7.93. The van der Waals surface area contributed by atoms with Crippen LogP contribution in [-0.2, 0) is 11.3 Å². The third kappa shape index (κ3) is 4.95. The van der Waals surface area contributed by atoms with Gasteiger partial charge in [-0.1, -0.05) is 6.07 Å². The molecule has 1 N–H and O–H groups in total. The van der Waals surface area contributed by atoms with Crippen molar-refractivity contribution >= 4 is 5.91 Å². The number of amides is 1. The Bertz CT molecular complexity index is 722. The van der Waals surface area contributed by atoms with E-state index in [4.69, 9.17) is 23.7 Å². The van der Waals surface area contributed by atoms with Crippen molar-refractivity contribution in [2.75, 3.05) is 35.0 Å². The SMILES string of the molecule is COc1cccc(OCC(=O)NCc2cc(OC)c(OC)c(OC)c2)c1. The summed E-state index contributed by atoms with van der Waals surface area (Å²) in [4.78, 5) is 12.0. The van der Waals surface area contributed by atoms with Gasteiger partial charge in [0.15, 0.2) is 18.1 Å². The third-order valence-electron chi connectivity index (χ3n) is 3.63.